The molecule has 0 bridgehead atoms. The maximum atomic E-state index is 12.7. The van der Waals surface area contributed by atoms with Gasteiger partial charge in [0.05, 0.1) is 0 Å². The summed E-state index contributed by atoms with van der Waals surface area (Å²) in [6, 6.07) is 17.5. The summed E-state index contributed by atoms with van der Waals surface area (Å²) in [5.74, 6) is -0.0664. The Kier molecular flexibility index (Phi) is 8.22. The highest BCUT2D eigenvalue weighted by Gasteiger charge is 2.14. The van der Waals surface area contributed by atoms with E-state index in [1.54, 1.807) is 54.6 Å². The van der Waals surface area contributed by atoms with E-state index < -0.39 is 5.91 Å². The van der Waals surface area contributed by atoms with Gasteiger partial charge in [-0.25, -0.2) is 0 Å². The summed E-state index contributed by atoms with van der Waals surface area (Å²) < 4.78 is 6.69. The van der Waals surface area contributed by atoms with Crippen LogP contribution in [-0.2, 0) is 11.4 Å². The van der Waals surface area contributed by atoms with Crippen molar-refractivity contribution in [3.05, 3.63) is 96.4 Å². The maximum absolute atomic E-state index is 12.7. The van der Waals surface area contributed by atoms with Crippen LogP contribution in [0.2, 0.25) is 15.1 Å². The number of carbonyl (C=O) groups is 1. The van der Waals surface area contributed by atoms with E-state index in [4.69, 9.17) is 39.5 Å². The van der Waals surface area contributed by atoms with Crippen molar-refractivity contribution in [2.45, 2.75) is 13.5 Å². The quantitative estimate of drug-likeness (QED) is 0.251. The van der Waals surface area contributed by atoms with E-state index in [1.807, 2.05) is 13.0 Å². The predicted octanol–water partition coefficient (Wildman–Crippen LogP) is 7.84. The van der Waals surface area contributed by atoms with Gasteiger partial charge in [0.25, 0.3) is 5.91 Å². The zero-order valence-corrected chi connectivity index (χ0v) is 20.6. The molecule has 3 aromatic rings. The molecule has 0 saturated heterocycles. The molecule has 0 radical (unpaired) electrons. The molecule has 0 fully saturated rings. The van der Waals surface area contributed by atoms with E-state index in [1.165, 1.54) is 6.08 Å². The highest BCUT2D eigenvalue weighted by molar-refractivity contribution is 9.10. The van der Waals surface area contributed by atoms with Crippen molar-refractivity contribution in [1.29, 1.82) is 5.26 Å². The lowest BCUT2D eigenvalue weighted by Gasteiger charge is -2.12. The number of ether oxygens (including phenoxy) is 1. The van der Waals surface area contributed by atoms with Crippen LogP contribution >= 0.6 is 50.7 Å². The molecule has 32 heavy (non-hydrogen) atoms. The van der Waals surface area contributed by atoms with Crippen LogP contribution < -0.4 is 10.1 Å². The predicted molar refractivity (Wildman–Crippen MR) is 133 cm³/mol. The molecular formula is C24H16BrCl3N2O2. The molecule has 0 spiro atoms. The Morgan fingerprint density at radius 1 is 1.09 bits per heavy atom. The van der Waals surface area contributed by atoms with Crippen molar-refractivity contribution >= 4 is 68.4 Å². The van der Waals surface area contributed by atoms with Crippen LogP contribution in [-0.4, -0.2) is 5.91 Å². The van der Waals surface area contributed by atoms with Crippen LogP contribution in [0.3, 0.4) is 0 Å². The Morgan fingerprint density at radius 2 is 1.81 bits per heavy atom. The number of hydrogen-bond acceptors (Lipinski definition) is 3. The van der Waals surface area contributed by atoms with Crippen molar-refractivity contribution in [2.75, 3.05) is 5.32 Å². The molecule has 0 aliphatic rings. The summed E-state index contributed by atoms with van der Waals surface area (Å²) in [7, 11) is 0. The Morgan fingerprint density at radius 3 is 2.53 bits per heavy atom. The van der Waals surface area contributed by atoms with Crippen LogP contribution in [0.5, 0.6) is 5.75 Å². The first kappa shape index (κ1) is 24.2. The monoisotopic (exact) mass is 548 g/mol. The van der Waals surface area contributed by atoms with Gasteiger partial charge in [0.1, 0.15) is 24.0 Å². The smallest absolute Gasteiger partial charge is 0.266 e. The summed E-state index contributed by atoms with van der Waals surface area (Å²) in [4.78, 5) is 12.7. The fraction of sp³-hybridized carbons (Fsp3) is 0.0833. The molecule has 3 rings (SSSR count). The fourth-order valence-electron chi connectivity index (χ4n) is 2.78. The maximum Gasteiger partial charge on any atom is 0.266 e. The number of nitriles is 1. The first-order valence-corrected chi connectivity index (χ1v) is 11.2. The number of carbonyl (C=O) groups excluding carboxylic acids is 1. The molecule has 1 amide bonds. The normalized spacial score (nSPS) is 11.1. The topological polar surface area (TPSA) is 62.1 Å². The number of amides is 1. The number of nitrogens with one attached hydrogen (secondary N) is 1. The highest BCUT2D eigenvalue weighted by atomic mass is 79.9. The average Bonchev–Trinajstić information content (AvgIpc) is 2.75. The number of nitrogens with zero attached hydrogens (tertiary/aromatic N) is 1. The molecular weight excluding hydrogens is 535 g/mol. The number of benzene rings is 3. The molecule has 4 nitrogen and oxygen atoms in total. The Hall–Kier alpha value is -2.49. The van der Waals surface area contributed by atoms with E-state index in [9.17, 15) is 10.1 Å². The lowest BCUT2D eigenvalue weighted by Crippen LogP contribution is -2.14. The van der Waals surface area contributed by atoms with Crippen molar-refractivity contribution in [1.82, 2.24) is 0 Å². The summed E-state index contributed by atoms with van der Waals surface area (Å²) >= 11 is 21.6. The van der Waals surface area contributed by atoms with Crippen LogP contribution in [0.25, 0.3) is 6.08 Å². The number of aryl methyl sites for hydroxylation is 1. The summed E-state index contributed by atoms with van der Waals surface area (Å²) in [5.41, 5.74) is 2.58. The van der Waals surface area contributed by atoms with Crippen molar-refractivity contribution in [2.24, 2.45) is 0 Å². The number of rotatable bonds is 6. The Balaban J connectivity index is 1.86. The van der Waals surface area contributed by atoms with Gasteiger partial charge >= 0.3 is 0 Å². The second-order valence-corrected chi connectivity index (χ2v) is 8.99. The molecule has 0 aromatic heterocycles. The first-order valence-electron chi connectivity index (χ1n) is 9.32. The molecule has 0 aliphatic heterocycles. The van der Waals surface area contributed by atoms with E-state index in [2.05, 4.69) is 21.2 Å². The van der Waals surface area contributed by atoms with Gasteiger partial charge in [-0.3, -0.25) is 4.79 Å². The zero-order valence-electron chi connectivity index (χ0n) is 16.8. The van der Waals surface area contributed by atoms with E-state index in [-0.39, 0.29) is 12.2 Å². The van der Waals surface area contributed by atoms with E-state index in [0.29, 0.717) is 32.1 Å². The van der Waals surface area contributed by atoms with Gasteiger partial charge < -0.3 is 10.1 Å². The van der Waals surface area contributed by atoms with Gasteiger partial charge in [0.2, 0.25) is 0 Å². The van der Waals surface area contributed by atoms with Gasteiger partial charge in [-0.15, -0.1) is 0 Å². The minimum atomic E-state index is -0.551. The minimum absolute atomic E-state index is 0.0862. The molecule has 1 N–H and O–H groups in total. The van der Waals surface area contributed by atoms with Gasteiger partial charge in [-0.2, -0.15) is 5.26 Å². The molecule has 0 aliphatic carbocycles. The lowest BCUT2D eigenvalue weighted by molar-refractivity contribution is -0.112. The number of halogens is 4. The largest absolute Gasteiger partial charge is 0.488 e. The molecule has 0 atom stereocenters. The van der Waals surface area contributed by atoms with E-state index in [0.717, 1.165) is 15.6 Å². The fourth-order valence-corrected chi connectivity index (χ4v) is 3.79. The molecule has 0 heterocycles. The summed E-state index contributed by atoms with van der Waals surface area (Å²) in [5, 5.41) is 13.8. The van der Waals surface area contributed by atoms with Gasteiger partial charge in [0.15, 0.2) is 0 Å². The third-order valence-electron chi connectivity index (χ3n) is 4.48. The third kappa shape index (κ3) is 6.27. The highest BCUT2D eigenvalue weighted by Crippen LogP contribution is 2.29. The van der Waals surface area contributed by atoms with Crippen LogP contribution in [0.1, 0.15) is 16.7 Å². The number of anilines is 1. The van der Waals surface area contributed by atoms with Gasteiger partial charge in [-0.1, -0.05) is 62.9 Å². The zero-order chi connectivity index (χ0) is 23.3. The van der Waals surface area contributed by atoms with Crippen LogP contribution in [0.15, 0.2) is 64.6 Å². The number of hydrogen-bond donors (Lipinski definition) is 1. The molecule has 3 aromatic carbocycles. The third-order valence-corrected chi connectivity index (χ3v) is 5.80. The van der Waals surface area contributed by atoms with Gasteiger partial charge in [-0.05, 0) is 61.0 Å². The molecule has 0 unspecified atom stereocenters. The Labute approximate surface area is 209 Å². The van der Waals surface area contributed by atoms with Crippen LogP contribution in [0, 0.1) is 18.3 Å². The van der Waals surface area contributed by atoms with Crippen molar-refractivity contribution < 1.29 is 9.53 Å². The van der Waals surface area contributed by atoms with Crippen molar-refractivity contribution in [3.63, 3.8) is 0 Å². The van der Waals surface area contributed by atoms with Crippen molar-refractivity contribution in [3.8, 4) is 11.8 Å². The molecule has 8 heteroatoms. The SMILES string of the molecule is Cc1ccc(Cl)cc1NC(=O)/C(C#N)=C/c1cc(Br)ccc1OCc1ccc(Cl)cc1Cl. The average molecular weight is 551 g/mol. The second-order valence-electron chi connectivity index (χ2n) is 6.79. The summed E-state index contributed by atoms with van der Waals surface area (Å²) in [6.07, 6.45) is 1.47. The summed E-state index contributed by atoms with van der Waals surface area (Å²) in [6.45, 7) is 2.03. The van der Waals surface area contributed by atoms with Crippen LogP contribution in [0.4, 0.5) is 5.69 Å². The van der Waals surface area contributed by atoms with E-state index >= 15 is 0 Å². The minimum Gasteiger partial charge on any atom is -0.488 e. The standard InChI is InChI=1S/C24H16BrCl3N2O2/c1-14-2-5-20(27)11-22(14)30-24(31)17(12-29)8-16-9-18(25)4-7-23(16)32-13-15-3-6-19(26)10-21(15)28/h2-11H,13H2,1H3,(H,30,31)/b17-8+. The van der Waals surface area contributed by atoms with Gasteiger partial charge in [0, 0.05) is 36.4 Å². The first-order chi connectivity index (χ1) is 15.3. The lowest BCUT2D eigenvalue weighted by atomic mass is 10.1. The molecule has 162 valence electrons. The second kappa shape index (κ2) is 10.9. The Bertz CT molecular complexity index is 1250. The molecule has 0 saturated carbocycles.